The molecule has 1 aliphatic carbocycles. The zero-order valence-electron chi connectivity index (χ0n) is 10.6. The van der Waals surface area contributed by atoms with E-state index in [9.17, 15) is 10.1 Å². The Morgan fingerprint density at radius 3 is 3.05 bits per heavy atom. The summed E-state index contributed by atoms with van der Waals surface area (Å²) < 4.78 is 5.50. The summed E-state index contributed by atoms with van der Waals surface area (Å²) >= 11 is 0. The molecule has 1 fully saturated rings. The summed E-state index contributed by atoms with van der Waals surface area (Å²) in [6.45, 7) is 2.09. The van der Waals surface area contributed by atoms with E-state index in [4.69, 9.17) is 4.42 Å². The third-order valence-corrected chi connectivity index (χ3v) is 3.34. The minimum Gasteiger partial charge on any atom is -0.423 e. The number of nitro groups is 1. The lowest BCUT2D eigenvalue weighted by Crippen LogP contribution is -2.15. The van der Waals surface area contributed by atoms with Crippen molar-refractivity contribution in [2.45, 2.75) is 32.2 Å². The van der Waals surface area contributed by atoms with Crippen LogP contribution in [0.1, 0.15) is 26.2 Å². The summed E-state index contributed by atoms with van der Waals surface area (Å²) in [4.78, 5) is 14.5. The van der Waals surface area contributed by atoms with Crippen LogP contribution in [-0.2, 0) is 0 Å². The van der Waals surface area contributed by atoms with E-state index in [1.54, 1.807) is 6.07 Å². The highest BCUT2D eigenvalue weighted by Gasteiger charge is 2.24. The van der Waals surface area contributed by atoms with Crippen molar-refractivity contribution in [3.05, 3.63) is 28.3 Å². The molecule has 0 spiro atoms. The Bertz CT molecular complexity index is 619. The van der Waals surface area contributed by atoms with Gasteiger partial charge in [0.2, 0.25) is 0 Å². The van der Waals surface area contributed by atoms with Crippen LogP contribution in [0.2, 0.25) is 0 Å². The van der Waals surface area contributed by atoms with Crippen molar-refractivity contribution >= 4 is 22.8 Å². The monoisotopic (exact) mass is 261 g/mol. The second kappa shape index (κ2) is 4.53. The molecule has 1 atom stereocenters. The second-order valence-corrected chi connectivity index (χ2v) is 5.15. The van der Waals surface area contributed by atoms with E-state index < -0.39 is 4.92 Å². The van der Waals surface area contributed by atoms with E-state index in [2.05, 4.69) is 17.2 Å². The highest BCUT2D eigenvalue weighted by molar-refractivity contribution is 5.77. The molecule has 3 rings (SSSR count). The van der Waals surface area contributed by atoms with Gasteiger partial charge in [0.25, 0.3) is 11.7 Å². The van der Waals surface area contributed by atoms with E-state index >= 15 is 0 Å². The molecule has 1 unspecified atom stereocenters. The normalized spacial score (nSPS) is 16.5. The van der Waals surface area contributed by atoms with Gasteiger partial charge in [-0.25, -0.2) is 0 Å². The van der Waals surface area contributed by atoms with Crippen LogP contribution in [0.25, 0.3) is 11.1 Å². The average molecular weight is 261 g/mol. The molecule has 0 amide bonds. The van der Waals surface area contributed by atoms with E-state index in [1.165, 1.54) is 25.0 Å². The number of fused-ring (bicyclic) bond motifs is 1. The van der Waals surface area contributed by atoms with Crippen molar-refractivity contribution in [3.63, 3.8) is 0 Å². The van der Waals surface area contributed by atoms with Gasteiger partial charge in [-0.05, 0) is 25.3 Å². The maximum atomic E-state index is 10.7. The number of rotatable bonds is 5. The van der Waals surface area contributed by atoms with Gasteiger partial charge >= 0.3 is 0 Å². The fraction of sp³-hybridized carbons (Fsp3) is 0.462. The van der Waals surface area contributed by atoms with Crippen molar-refractivity contribution in [2.24, 2.45) is 5.92 Å². The zero-order valence-corrected chi connectivity index (χ0v) is 10.6. The standard InChI is InChI=1S/C13H15N3O3/c1-8(6-9-2-3-9)14-13-15-11-5-4-10(16(17)18)7-12(11)19-13/h4-5,7-9H,2-3,6H2,1H3,(H,14,15). The summed E-state index contributed by atoms with van der Waals surface area (Å²) in [5, 5.41) is 13.9. The predicted octanol–water partition coefficient (Wildman–Crippen LogP) is 3.34. The molecule has 0 radical (unpaired) electrons. The van der Waals surface area contributed by atoms with Crippen molar-refractivity contribution in [3.8, 4) is 0 Å². The third-order valence-electron chi connectivity index (χ3n) is 3.34. The van der Waals surface area contributed by atoms with E-state index in [-0.39, 0.29) is 5.69 Å². The number of hydrogen-bond donors (Lipinski definition) is 1. The van der Waals surface area contributed by atoms with Crippen LogP contribution in [0.5, 0.6) is 0 Å². The van der Waals surface area contributed by atoms with Gasteiger partial charge < -0.3 is 9.73 Å². The molecule has 0 saturated heterocycles. The Balaban J connectivity index is 1.78. The molecule has 1 heterocycles. The number of aromatic nitrogens is 1. The molecule has 1 aliphatic rings. The zero-order chi connectivity index (χ0) is 13.4. The van der Waals surface area contributed by atoms with Gasteiger partial charge in [-0.15, -0.1) is 0 Å². The fourth-order valence-electron chi connectivity index (χ4n) is 2.21. The quantitative estimate of drug-likeness (QED) is 0.659. The molecular formula is C13H15N3O3. The van der Waals surface area contributed by atoms with Gasteiger partial charge in [0.15, 0.2) is 5.58 Å². The number of oxazole rings is 1. The Morgan fingerprint density at radius 1 is 1.58 bits per heavy atom. The Kier molecular flexibility index (Phi) is 2.85. The van der Waals surface area contributed by atoms with Crippen LogP contribution in [0.3, 0.4) is 0 Å². The van der Waals surface area contributed by atoms with Crippen LogP contribution in [-0.4, -0.2) is 15.9 Å². The number of anilines is 1. The fourth-order valence-corrected chi connectivity index (χ4v) is 2.21. The number of nitrogens with one attached hydrogen (secondary N) is 1. The number of nitrogens with zero attached hydrogens (tertiary/aromatic N) is 2. The SMILES string of the molecule is CC(CC1CC1)Nc1nc2ccc([N+](=O)[O-])cc2o1. The van der Waals surface area contributed by atoms with Crippen LogP contribution in [0.15, 0.2) is 22.6 Å². The average Bonchev–Trinajstić information content (AvgIpc) is 3.06. The van der Waals surface area contributed by atoms with Crippen LogP contribution < -0.4 is 5.32 Å². The number of non-ortho nitro benzene ring substituents is 1. The molecule has 1 N–H and O–H groups in total. The smallest absolute Gasteiger partial charge is 0.295 e. The van der Waals surface area contributed by atoms with Crippen LogP contribution in [0, 0.1) is 16.0 Å². The van der Waals surface area contributed by atoms with Crippen molar-refractivity contribution in [2.75, 3.05) is 5.32 Å². The number of hydrogen-bond acceptors (Lipinski definition) is 5. The van der Waals surface area contributed by atoms with Crippen molar-refractivity contribution in [1.82, 2.24) is 4.98 Å². The van der Waals surface area contributed by atoms with Crippen LogP contribution >= 0.6 is 0 Å². The maximum Gasteiger partial charge on any atom is 0.295 e. The molecule has 0 bridgehead atoms. The molecule has 1 saturated carbocycles. The first-order valence-corrected chi connectivity index (χ1v) is 6.43. The highest BCUT2D eigenvalue weighted by Crippen LogP contribution is 2.34. The molecular weight excluding hydrogens is 246 g/mol. The lowest BCUT2D eigenvalue weighted by atomic mass is 10.2. The third kappa shape index (κ3) is 2.67. The number of benzene rings is 1. The molecule has 1 aromatic heterocycles. The summed E-state index contributed by atoms with van der Waals surface area (Å²) in [7, 11) is 0. The van der Waals surface area contributed by atoms with Crippen molar-refractivity contribution < 1.29 is 9.34 Å². The first-order chi connectivity index (χ1) is 9.11. The number of nitro benzene ring substituents is 1. The van der Waals surface area contributed by atoms with E-state index in [0.29, 0.717) is 23.2 Å². The topological polar surface area (TPSA) is 81.2 Å². The molecule has 19 heavy (non-hydrogen) atoms. The Morgan fingerprint density at radius 2 is 2.37 bits per heavy atom. The summed E-state index contributed by atoms with van der Waals surface area (Å²) in [6, 6.07) is 5.17. The lowest BCUT2D eigenvalue weighted by molar-refractivity contribution is -0.384. The van der Waals surface area contributed by atoms with E-state index in [0.717, 1.165) is 12.3 Å². The molecule has 6 heteroatoms. The molecule has 2 aromatic rings. The minimum atomic E-state index is -0.440. The van der Waals surface area contributed by atoms with Crippen LogP contribution in [0.4, 0.5) is 11.7 Å². The van der Waals surface area contributed by atoms with Gasteiger partial charge in [0, 0.05) is 12.1 Å². The van der Waals surface area contributed by atoms with E-state index in [1.807, 2.05) is 0 Å². The van der Waals surface area contributed by atoms with Gasteiger partial charge in [-0.2, -0.15) is 4.98 Å². The van der Waals surface area contributed by atoms with Gasteiger partial charge in [-0.3, -0.25) is 10.1 Å². The summed E-state index contributed by atoms with van der Waals surface area (Å²) in [5.41, 5.74) is 1.09. The first-order valence-electron chi connectivity index (χ1n) is 6.43. The summed E-state index contributed by atoms with van der Waals surface area (Å²) in [5.74, 6) is 0.827. The molecule has 0 aliphatic heterocycles. The maximum absolute atomic E-state index is 10.7. The highest BCUT2D eigenvalue weighted by atomic mass is 16.6. The first kappa shape index (κ1) is 12.0. The largest absolute Gasteiger partial charge is 0.423 e. The molecule has 1 aromatic carbocycles. The van der Waals surface area contributed by atoms with Gasteiger partial charge in [0.05, 0.1) is 11.0 Å². The van der Waals surface area contributed by atoms with Crippen molar-refractivity contribution in [1.29, 1.82) is 0 Å². The Hall–Kier alpha value is -2.11. The Labute approximate surface area is 110 Å². The lowest BCUT2D eigenvalue weighted by Gasteiger charge is -2.10. The predicted molar refractivity (Wildman–Crippen MR) is 71.1 cm³/mol. The second-order valence-electron chi connectivity index (χ2n) is 5.15. The minimum absolute atomic E-state index is 0.0150. The molecule has 6 nitrogen and oxygen atoms in total. The molecule has 100 valence electrons. The van der Waals surface area contributed by atoms with Gasteiger partial charge in [0.1, 0.15) is 5.52 Å². The summed E-state index contributed by atoms with van der Waals surface area (Å²) in [6.07, 6.45) is 3.73. The van der Waals surface area contributed by atoms with Gasteiger partial charge in [-0.1, -0.05) is 12.8 Å².